The fourth-order valence-electron chi connectivity index (χ4n) is 8.97. The Bertz CT molecular complexity index is 1610. The molecule has 2 heterocycles. The molecule has 10 unspecified atom stereocenters. The molecular weight excluding hydrogens is 915 g/mol. The van der Waals surface area contributed by atoms with E-state index < -0.39 is 152 Å². The summed E-state index contributed by atoms with van der Waals surface area (Å²) < 4.78 is 78.7. The molecule has 2 rings (SSSR count). The molecule has 0 bridgehead atoms. The number of carbonyl (C=O) groups is 6. The van der Waals surface area contributed by atoms with Crippen molar-refractivity contribution in [1.82, 2.24) is 4.90 Å². The van der Waals surface area contributed by atoms with Gasteiger partial charge in [-0.2, -0.15) is 0 Å². The molecule has 0 aromatic rings. The summed E-state index contributed by atoms with van der Waals surface area (Å²) in [6.07, 6.45) is -14.3. The number of nitrogens with zero attached hydrogens (tertiary/aromatic N) is 1. The number of aliphatic hydroxyl groups is 2. The Balaban J connectivity index is 2.87. The van der Waals surface area contributed by atoms with Crippen LogP contribution in [0.15, 0.2) is 0 Å². The second kappa shape index (κ2) is 29.7. The van der Waals surface area contributed by atoms with Gasteiger partial charge in [-0.25, -0.2) is 0 Å². The summed E-state index contributed by atoms with van der Waals surface area (Å²) in [5.74, 6) is -5.30. The Morgan fingerprint density at radius 1 is 0.739 bits per heavy atom. The van der Waals surface area contributed by atoms with E-state index in [0.717, 1.165) is 0 Å². The normalized spacial score (nSPS) is 28.0. The van der Waals surface area contributed by atoms with E-state index in [1.807, 2.05) is 0 Å². The zero-order valence-corrected chi connectivity index (χ0v) is 43.2. The first-order valence-electron chi connectivity index (χ1n) is 23.6. The second-order valence-electron chi connectivity index (χ2n) is 18.1. The summed E-state index contributed by atoms with van der Waals surface area (Å²) in [6, 6.07) is -0.860. The molecule has 69 heavy (non-hydrogen) atoms. The van der Waals surface area contributed by atoms with Crippen LogP contribution in [-0.2, 0) is 90.3 Å². The highest BCUT2D eigenvalue weighted by molar-refractivity contribution is 5.73. The fourth-order valence-corrected chi connectivity index (χ4v) is 8.97. The van der Waals surface area contributed by atoms with E-state index in [-0.39, 0.29) is 45.1 Å². The van der Waals surface area contributed by atoms with E-state index in [1.165, 1.54) is 42.1 Å². The minimum Gasteiger partial charge on any atom is -0.462 e. The Kier molecular flexibility index (Phi) is 26.5. The maximum atomic E-state index is 13.6. The van der Waals surface area contributed by atoms with Gasteiger partial charge in [-0.05, 0) is 60.0 Å². The number of aliphatic hydroxyl groups excluding tert-OH is 2. The van der Waals surface area contributed by atoms with E-state index in [4.69, 9.17) is 61.6 Å². The van der Waals surface area contributed by atoms with Gasteiger partial charge in [0.05, 0.1) is 37.4 Å². The molecule has 16 atom stereocenters. The number of esters is 6. The summed E-state index contributed by atoms with van der Waals surface area (Å²) in [5, 5.41) is 19.9. The monoisotopic (exact) mass is 996 g/mol. The smallest absolute Gasteiger partial charge is 0.309 e. The first-order valence-corrected chi connectivity index (χ1v) is 23.6. The molecule has 0 aromatic carbocycles. The molecule has 0 saturated carbocycles. The molecule has 2 aliphatic rings. The van der Waals surface area contributed by atoms with E-state index >= 15 is 0 Å². The van der Waals surface area contributed by atoms with Gasteiger partial charge in [-0.3, -0.25) is 28.8 Å². The van der Waals surface area contributed by atoms with Crippen molar-refractivity contribution in [1.29, 1.82) is 0 Å². The Morgan fingerprint density at radius 2 is 1.38 bits per heavy atom. The van der Waals surface area contributed by atoms with Crippen LogP contribution in [0.3, 0.4) is 0 Å². The molecule has 0 aromatic heterocycles. The third kappa shape index (κ3) is 18.8. The van der Waals surface area contributed by atoms with Gasteiger partial charge in [0.15, 0.2) is 36.7 Å². The van der Waals surface area contributed by atoms with Crippen LogP contribution in [0, 0.1) is 11.8 Å². The fraction of sp³-hybridized carbons (Fsp3) is 0.872. The molecule has 2 aliphatic heterocycles. The molecule has 400 valence electrons. The van der Waals surface area contributed by atoms with Crippen molar-refractivity contribution in [3.05, 3.63) is 0 Å². The molecule has 0 amide bonds. The number of carbonyl (C=O) groups excluding carboxylic acids is 6. The van der Waals surface area contributed by atoms with Crippen molar-refractivity contribution in [3.63, 3.8) is 0 Å². The molecule has 0 spiro atoms. The minimum atomic E-state index is -1.45. The van der Waals surface area contributed by atoms with Crippen LogP contribution >= 0.6 is 0 Å². The van der Waals surface area contributed by atoms with Crippen molar-refractivity contribution >= 4 is 35.8 Å². The Morgan fingerprint density at radius 3 is 1.88 bits per heavy atom. The first kappa shape index (κ1) is 61.5. The predicted molar refractivity (Wildman–Crippen MR) is 242 cm³/mol. The summed E-state index contributed by atoms with van der Waals surface area (Å²) in [5.41, 5.74) is -1.38. The number of ether oxygens (including phenoxy) is 13. The first-order chi connectivity index (χ1) is 32.4. The average Bonchev–Trinajstić information content (AvgIpc) is 3.25. The van der Waals surface area contributed by atoms with Gasteiger partial charge in [0.2, 0.25) is 0 Å². The van der Waals surface area contributed by atoms with Crippen LogP contribution in [-0.4, -0.2) is 191 Å². The summed E-state index contributed by atoms with van der Waals surface area (Å²) in [6.45, 7) is 14.5. The zero-order chi connectivity index (χ0) is 52.3. The lowest BCUT2D eigenvalue weighted by atomic mass is 9.82. The Labute approximate surface area is 406 Å². The Hall–Kier alpha value is -3.58. The molecular formula is C47H81NO21. The maximum absolute atomic E-state index is 13.6. The number of methoxy groups -OCH3 is 3. The van der Waals surface area contributed by atoms with Crippen molar-refractivity contribution < 1.29 is 101 Å². The van der Waals surface area contributed by atoms with Gasteiger partial charge in [0, 0.05) is 80.8 Å². The van der Waals surface area contributed by atoms with Gasteiger partial charge >= 0.3 is 35.8 Å². The van der Waals surface area contributed by atoms with Gasteiger partial charge in [-0.15, -0.1) is 0 Å². The molecule has 2 N–H and O–H groups in total. The highest BCUT2D eigenvalue weighted by atomic mass is 16.7. The molecule has 22 nitrogen and oxygen atoms in total. The largest absolute Gasteiger partial charge is 0.462 e. The zero-order valence-electron chi connectivity index (χ0n) is 43.2. The highest BCUT2D eigenvalue weighted by Crippen LogP contribution is 2.40. The molecule has 22 heteroatoms. The van der Waals surface area contributed by atoms with Crippen LogP contribution in [0.25, 0.3) is 0 Å². The number of likely N-dealkylation sites (N-methyl/N-ethyl adjacent to an activating group) is 1. The van der Waals surface area contributed by atoms with E-state index in [0.29, 0.717) is 0 Å². The van der Waals surface area contributed by atoms with Gasteiger partial charge in [-0.1, -0.05) is 20.8 Å². The van der Waals surface area contributed by atoms with Gasteiger partial charge in [0.1, 0.15) is 30.5 Å². The second-order valence-corrected chi connectivity index (χ2v) is 18.1. The molecule has 0 radical (unpaired) electrons. The number of hydrogen-bond donors (Lipinski definition) is 2. The number of rotatable bonds is 29. The van der Waals surface area contributed by atoms with Crippen molar-refractivity contribution in [3.8, 4) is 0 Å². The quantitative estimate of drug-likeness (QED) is 0.0620. The lowest BCUT2D eigenvalue weighted by Crippen LogP contribution is -2.67. The maximum Gasteiger partial charge on any atom is 0.309 e. The van der Waals surface area contributed by atoms with Crippen LogP contribution in [0.2, 0.25) is 0 Å². The summed E-state index contributed by atoms with van der Waals surface area (Å²) in [7, 11) is 7.65. The van der Waals surface area contributed by atoms with Crippen LogP contribution in [0.1, 0.15) is 114 Å². The van der Waals surface area contributed by atoms with Crippen LogP contribution < -0.4 is 0 Å². The van der Waals surface area contributed by atoms with Crippen LogP contribution in [0.5, 0.6) is 0 Å². The lowest BCUT2D eigenvalue weighted by molar-refractivity contribution is -0.346. The third-order valence-corrected chi connectivity index (χ3v) is 12.2. The standard InChI is InChI=1S/C47H81NO21/c1-16-35(54)65-33(22-37(56)60-26(4)18-19-49)43(59-15)42(32(21-38(57-13)58-14)20-25(3)34(24-50)63-29(7)51)68-46-44(64-30(8)52)40(48(11)12)41(27(5)62-46)67-39-23-47(10,69-31(9)53)45(28(6)61-39)66-36(55)17-2/h25-28,32-34,38-46,49-50H,16-24H2,1-15H3/t25-,26-,27?,28?,32-,33-,34+,39?,40?,41?,42+,43?,44?,45?,46?,47?/m1/s1. The molecule has 0 aliphatic carbocycles. The van der Waals surface area contributed by atoms with Crippen molar-refractivity contribution in [2.45, 2.75) is 206 Å². The van der Waals surface area contributed by atoms with E-state index in [1.54, 1.807) is 67.5 Å². The summed E-state index contributed by atoms with van der Waals surface area (Å²) >= 11 is 0. The SMILES string of the molecule is CCC(=O)OC1C(C)OC(OC2C(C)OC(O[C@H](C(OC)[C@@H](CC(=O)O[C@H](C)CCO)OC(=O)CC)[C@@H](CC(OC)OC)C[C@@H](C)[C@H](CO)OC(C)=O)C(OC(C)=O)C2N(C)C)CC1(C)OC(C)=O. The van der Waals surface area contributed by atoms with Gasteiger partial charge in [0.25, 0.3) is 0 Å². The molecule has 2 fully saturated rings. The van der Waals surface area contributed by atoms with Crippen molar-refractivity contribution in [2.75, 3.05) is 48.6 Å². The topological polar surface area (TPSA) is 266 Å². The van der Waals surface area contributed by atoms with E-state index in [9.17, 15) is 39.0 Å². The third-order valence-electron chi connectivity index (χ3n) is 12.2. The van der Waals surface area contributed by atoms with Crippen molar-refractivity contribution in [2.24, 2.45) is 11.8 Å². The summed E-state index contributed by atoms with van der Waals surface area (Å²) in [4.78, 5) is 78.7. The lowest BCUT2D eigenvalue weighted by Gasteiger charge is -2.51. The van der Waals surface area contributed by atoms with Gasteiger partial charge < -0.3 is 76.7 Å². The predicted octanol–water partition coefficient (Wildman–Crippen LogP) is 2.76. The number of hydrogen-bond acceptors (Lipinski definition) is 22. The highest BCUT2D eigenvalue weighted by Gasteiger charge is 2.56. The van der Waals surface area contributed by atoms with Crippen LogP contribution in [0.4, 0.5) is 0 Å². The molecule has 2 saturated heterocycles. The average molecular weight is 996 g/mol. The minimum absolute atomic E-state index is 0.0444. The van der Waals surface area contributed by atoms with E-state index in [2.05, 4.69) is 0 Å².